The van der Waals surface area contributed by atoms with Gasteiger partial charge in [-0.3, -0.25) is 9.59 Å². The third-order valence-electron chi connectivity index (χ3n) is 4.06. The van der Waals surface area contributed by atoms with Gasteiger partial charge in [0.2, 0.25) is 12.4 Å². The van der Waals surface area contributed by atoms with E-state index in [1.165, 1.54) is 0 Å². The lowest BCUT2D eigenvalue weighted by Gasteiger charge is -2.32. The lowest BCUT2D eigenvalue weighted by atomic mass is 10.2. The monoisotopic (exact) mass is 355 g/mol. The summed E-state index contributed by atoms with van der Waals surface area (Å²) in [6.07, 6.45) is 2.41. The van der Waals surface area contributed by atoms with Crippen molar-refractivity contribution in [3.63, 3.8) is 0 Å². The first kappa shape index (κ1) is 17.7. The maximum atomic E-state index is 12.6. The molecule has 1 aromatic carbocycles. The number of para-hydroxylation sites is 2. The van der Waals surface area contributed by atoms with E-state index in [9.17, 15) is 9.59 Å². The summed E-state index contributed by atoms with van der Waals surface area (Å²) in [5, 5.41) is 2.83. The Bertz CT molecular complexity index is 775. The molecule has 1 aromatic heterocycles. The molecule has 2 heterocycles. The van der Waals surface area contributed by atoms with Crippen molar-refractivity contribution in [2.75, 3.05) is 43.0 Å². The predicted octanol–water partition coefficient (Wildman–Crippen LogP) is 1.41. The van der Waals surface area contributed by atoms with Crippen molar-refractivity contribution in [1.82, 2.24) is 14.9 Å². The molecular formula is C18H21N5O3. The average Bonchev–Trinajstić information content (AvgIpc) is 2.70. The fourth-order valence-corrected chi connectivity index (χ4v) is 2.69. The van der Waals surface area contributed by atoms with Crippen LogP contribution in [0, 0.1) is 0 Å². The standard InChI is InChI=1S/C18H21N5O3/c1-2-26-16-6-4-3-5-14(16)20-17(25)15-7-8-19-18(21-15)23-11-9-22(13-24)10-12-23/h3-8,13H,2,9-12H2,1H3,(H,20,25). The molecule has 3 rings (SSSR count). The van der Waals surface area contributed by atoms with Crippen LogP contribution in [0.2, 0.25) is 0 Å². The van der Waals surface area contributed by atoms with Gasteiger partial charge in [-0.05, 0) is 25.1 Å². The van der Waals surface area contributed by atoms with Gasteiger partial charge in [-0.1, -0.05) is 12.1 Å². The van der Waals surface area contributed by atoms with E-state index < -0.39 is 0 Å². The van der Waals surface area contributed by atoms with Crippen molar-refractivity contribution in [2.45, 2.75) is 6.92 Å². The molecular weight excluding hydrogens is 334 g/mol. The highest BCUT2D eigenvalue weighted by Gasteiger charge is 2.19. The fraction of sp³-hybridized carbons (Fsp3) is 0.333. The Hall–Kier alpha value is -3.16. The van der Waals surface area contributed by atoms with Crippen LogP contribution >= 0.6 is 0 Å². The average molecular weight is 355 g/mol. The number of piperazine rings is 1. The van der Waals surface area contributed by atoms with Crippen molar-refractivity contribution in [1.29, 1.82) is 0 Å². The summed E-state index contributed by atoms with van der Waals surface area (Å²) in [7, 11) is 0. The first-order valence-corrected chi connectivity index (χ1v) is 8.51. The highest BCUT2D eigenvalue weighted by molar-refractivity contribution is 6.03. The molecule has 136 valence electrons. The molecule has 0 atom stereocenters. The summed E-state index contributed by atoms with van der Waals surface area (Å²) in [6, 6.07) is 8.84. The van der Waals surface area contributed by atoms with Crippen LogP contribution in [0.1, 0.15) is 17.4 Å². The van der Waals surface area contributed by atoms with Crippen LogP contribution in [0.5, 0.6) is 5.75 Å². The molecule has 0 aliphatic carbocycles. The zero-order chi connectivity index (χ0) is 18.4. The van der Waals surface area contributed by atoms with Gasteiger partial charge in [-0.2, -0.15) is 0 Å². The first-order chi connectivity index (χ1) is 12.7. The Kier molecular flexibility index (Phi) is 5.62. The molecule has 1 N–H and O–H groups in total. The van der Waals surface area contributed by atoms with Gasteiger partial charge in [-0.25, -0.2) is 9.97 Å². The second kappa shape index (κ2) is 8.28. The fourth-order valence-electron chi connectivity index (χ4n) is 2.69. The van der Waals surface area contributed by atoms with E-state index >= 15 is 0 Å². The molecule has 26 heavy (non-hydrogen) atoms. The van der Waals surface area contributed by atoms with Crippen LogP contribution in [0.3, 0.4) is 0 Å². The van der Waals surface area contributed by atoms with Gasteiger partial charge in [0.1, 0.15) is 11.4 Å². The van der Waals surface area contributed by atoms with E-state index in [4.69, 9.17) is 4.74 Å². The van der Waals surface area contributed by atoms with Crippen molar-refractivity contribution in [3.8, 4) is 5.75 Å². The lowest BCUT2D eigenvalue weighted by molar-refractivity contribution is -0.118. The van der Waals surface area contributed by atoms with Gasteiger partial charge in [0, 0.05) is 32.4 Å². The topological polar surface area (TPSA) is 87.7 Å². The number of carbonyl (C=O) groups is 2. The molecule has 0 radical (unpaired) electrons. The zero-order valence-corrected chi connectivity index (χ0v) is 14.6. The van der Waals surface area contributed by atoms with Gasteiger partial charge >= 0.3 is 0 Å². The number of rotatable bonds is 6. The van der Waals surface area contributed by atoms with E-state index in [1.807, 2.05) is 24.0 Å². The number of ether oxygens (including phenoxy) is 1. The molecule has 1 aliphatic rings. The largest absolute Gasteiger partial charge is 0.492 e. The van der Waals surface area contributed by atoms with Crippen molar-refractivity contribution in [2.24, 2.45) is 0 Å². The third kappa shape index (κ3) is 4.08. The summed E-state index contributed by atoms with van der Waals surface area (Å²) >= 11 is 0. The Morgan fingerprint density at radius 2 is 2.00 bits per heavy atom. The van der Waals surface area contributed by atoms with Gasteiger partial charge < -0.3 is 19.9 Å². The first-order valence-electron chi connectivity index (χ1n) is 8.51. The molecule has 0 saturated carbocycles. The van der Waals surface area contributed by atoms with Gasteiger partial charge in [0.05, 0.1) is 12.3 Å². The molecule has 0 bridgehead atoms. The second-order valence-electron chi connectivity index (χ2n) is 5.75. The Labute approximate surface area is 151 Å². The number of nitrogens with zero attached hydrogens (tertiary/aromatic N) is 4. The van der Waals surface area contributed by atoms with Crippen LogP contribution in [0.4, 0.5) is 11.6 Å². The zero-order valence-electron chi connectivity index (χ0n) is 14.6. The van der Waals surface area contributed by atoms with Crippen LogP contribution in [0.15, 0.2) is 36.5 Å². The summed E-state index contributed by atoms with van der Waals surface area (Å²) in [6.45, 7) is 4.90. The van der Waals surface area contributed by atoms with E-state index in [1.54, 1.807) is 29.3 Å². The second-order valence-corrected chi connectivity index (χ2v) is 5.75. The number of carbonyl (C=O) groups excluding carboxylic acids is 2. The number of amides is 2. The third-order valence-corrected chi connectivity index (χ3v) is 4.06. The Morgan fingerprint density at radius 3 is 2.73 bits per heavy atom. The van der Waals surface area contributed by atoms with Crippen LogP contribution in [-0.2, 0) is 4.79 Å². The van der Waals surface area contributed by atoms with E-state index in [0.717, 1.165) is 6.41 Å². The summed E-state index contributed by atoms with van der Waals surface area (Å²) in [5.41, 5.74) is 0.873. The van der Waals surface area contributed by atoms with E-state index in [2.05, 4.69) is 15.3 Å². The van der Waals surface area contributed by atoms with E-state index in [-0.39, 0.29) is 11.6 Å². The molecule has 1 aliphatic heterocycles. The lowest BCUT2D eigenvalue weighted by Crippen LogP contribution is -2.46. The minimum absolute atomic E-state index is 0.277. The van der Waals surface area contributed by atoms with Crippen LogP contribution in [-0.4, -0.2) is 60.0 Å². The summed E-state index contributed by atoms with van der Waals surface area (Å²) in [4.78, 5) is 35.7. The highest BCUT2D eigenvalue weighted by Crippen LogP contribution is 2.24. The van der Waals surface area contributed by atoms with Crippen molar-refractivity contribution in [3.05, 3.63) is 42.2 Å². The molecule has 8 heteroatoms. The van der Waals surface area contributed by atoms with Crippen LogP contribution < -0.4 is 15.0 Å². The maximum Gasteiger partial charge on any atom is 0.274 e. The quantitative estimate of drug-likeness (QED) is 0.788. The molecule has 0 spiro atoms. The predicted molar refractivity (Wildman–Crippen MR) is 97.4 cm³/mol. The van der Waals surface area contributed by atoms with Gasteiger partial charge in [-0.15, -0.1) is 0 Å². The smallest absolute Gasteiger partial charge is 0.274 e. The summed E-state index contributed by atoms with van der Waals surface area (Å²) in [5.74, 6) is 0.774. The molecule has 2 aromatic rings. The number of hydrogen-bond acceptors (Lipinski definition) is 6. The Balaban J connectivity index is 1.72. The SMILES string of the molecule is CCOc1ccccc1NC(=O)c1ccnc(N2CCN(C=O)CC2)n1. The number of hydrogen-bond donors (Lipinski definition) is 1. The molecule has 2 amide bonds. The van der Waals surface area contributed by atoms with Crippen molar-refractivity contribution < 1.29 is 14.3 Å². The highest BCUT2D eigenvalue weighted by atomic mass is 16.5. The summed E-state index contributed by atoms with van der Waals surface area (Å²) < 4.78 is 5.52. The minimum Gasteiger partial charge on any atom is -0.492 e. The molecule has 1 saturated heterocycles. The number of benzene rings is 1. The minimum atomic E-state index is -0.327. The number of anilines is 2. The van der Waals surface area contributed by atoms with Gasteiger partial charge in [0.15, 0.2) is 0 Å². The van der Waals surface area contributed by atoms with Gasteiger partial charge in [0.25, 0.3) is 5.91 Å². The molecule has 1 fully saturated rings. The van der Waals surface area contributed by atoms with Crippen LogP contribution in [0.25, 0.3) is 0 Å². The molecule has 0 unspecified atom stereocenters. The maximum absolute atomic E-state index is 12.6. The number of aromatic nitrogens is 2. The van der Waals surface area contributed by atoms with Crippen molar-refractivity contribution >= 4 is 24.0 Å². The Morgan fingerprint density at radius 1 is 1.23 bits per heavy atom. The van der Waals surface area contributed by atoms with E-state index in [0.29, 0.717) is 50.2 Å². The normalized spacial score (nSPS) is 14.0. The molecule has 8 nitrogen and oxygen atoms in total. The number of nitrogens with one attached hydrogen (secondary N) is 1.